The Labute approximate surface area is 113 Å². The molecule has 6 heteroatoms. The minimum atomic E-state index is -1.47. The second-order valence-electron chi connectivity index (χ2n) is 4.29. The molecular weight excluding hydrogens is 243 g/mol. The molecule has 102 valence electrons. The molecule has 0 aliphatic heterocycles. The fourth-order valence-electron chi connectivity index (χ4n) is 1.59. The number of carbonyl (C=O) groups excluding carboxylic acids is 1. The lowest BCUT2D eigenvalue weighted by Crippen LogP contribution is -2.36. The Morgan fingerprint density at radius 2 is 2.00 bits per heavy atom. The maximum Gasteiger partial charge on any atom is 0.488 e. The number of carbonyl (C=O) groups is 1. The van der Waals surface area contributed by atoms with Crippen LogP contribution in [0.4, 0.5) is 0 Å². The molecule has 1 aromatic rings. The van der Waals surface area contributed by atoms with Crippen LogP contribution in [0.5, 0.6) is 0 Å². The van der Waals surface area contributed by atoms with Gasteiger partial charge < -0.3 is 20.7 Å². The van der Waals surface area contributed by atoms with Crippen LogP contribution in [0.2, 0.25) is 0 Å². The van der Waals surface area contributed by atoms with Gasteiger partial charge in [-0.1, -0.05) is 30.8 Å². The van der Waals surface area contributed by atoms with E-state index in [4.69, 9.17) is 0 Å². The Hall–Kier alpha value is -1.63. The van der Waals surface area contributed by atoms with Crippen molar-refractivity contribution < 1.29 is 14.8 Å². The predicted octanol–water partition coefficient (Wildman–Crippen LogP) is -0.852. The molecule has 0 heterocycles. The molecule has 1 amide bonds. The fraction of sp³-hybridized carbons (Fsp3) is 0.308. The molecule has 0 radical (unpaired) electrons. The lowest BCUT2D eigenvalue weighted by molar-refractivity contribution is -0.117. The Morgan fingerprint density at radius 3 is 2.63 bits per heavy atom. The minimum Gasteiger partial charge on any atom is -0.423 e. The summed E-state index contributed by atoms with van der Waals surface area (Å²) in [6.07, 6.45) is 0. The van der Waals surface area contributed by atoms with Crippen molar-refractivity contribution in [3.63, 3.8) is 0 Å². The Bertz CT molecular complexity index is 449. The van der Waals surface area contributed by atoms with Crippen LogP contribution in [-0.2, 0) is 11.3 Å². The summed E-state index contributed by atoms with van der Waals surface area (Å²) in [6.45, 7) is 6.80. The molecule has 0 fully saturated rings. The largest absolute Gasteiger partial charge is 0.488 e. The number of hydrogen-bond donors (Lipinski definition) is 4. The van der Waals surface area contributed by atoms with Gasteiger partial charge in [-0.2, -0.15) is 0 Å². The molecule has 19 heavy (non-hydrogen) atoms. The molecule has 0 aliphatic carbocycles. The van der Waals surface area contributed by atoms with Crippen molar-refractivity contribution in [2.24, 2.45) is 0 Å². The second kappa shape index (κ2) is 7.73. The zero-order chi connectivity index (χ0) is 14.3. The minimum absolute atomic E-state index is 0.159. The molecule has 0 saturated heterocycles. The van der Waals surface area contributed by atoms with Gasteiger partial charge in [0.05, 0.1) is 0 Å². The summed E-state index contributed by atoms with van der Waals surface area (Å²) in [4.78, 5) is 11.2. The van der Waals surface area contributed by atoms with Crippen LogP contribution in [0.25, 0.3) is 0 Å². The van der Waals surface area contributed by atoms with Gasteiger partial charge in [0.15, 0.2) is 0 Å². The van der Waals surface area contributed by atoms with E-state index in [2.05, 4.69) is 17.2 Å². The van der Waals surface area contributed by atoms with Crippen molar-refractivity contribution in [1.82, 2.24) is 10.6 Å². The molecule has 0 aromatic heterocycles. The van der Waals surface area contributed by atoms with Gasteiger partial charge in [-0.15, -0.1) is 0 Å². The van der Waals surface area contributed by atoms with Crippen LogP contribution in [0.1, 0.15) is 12.5 Å². The summed E-state index contributed by atoms with van der Waals surface area (Å²) in [5.41, 5.74) is 1.79. The highest BCUT2D eigenvalue weighted by Crippen LogP contribution is 1.96. The van der Waals surface area contributed by atoms with E-state index >= 15 is 0 Å². The van der Waals surface area contributed by atoms with Crippen LogP contribution < -0.4 is 16.1 Å². The van der Waals surface area contributed by atoms with Crippen molar-refractivity contribution in [2.75, 3.05) is 13.1 Å². The Kier molecular flexibility index (Phi) is 6.28. The highest BCUT2D eigenvalue weighted by atomic mass is 16.4. The van der Waals surface area contributed by atoms with Gasteiger partial charge in [-0.05, 0) is 17.9 Å². The van der Waals surface area contributed by atoms with Gasteiger partial charge in [0.2, 0.25) is 5.91 Å². The van der Waals surface area contributed by atoms with Crippen molar-refractivity contribution in [1.29, 1.82) is 0 Å². The van der Waals surface area contributed by atoms with E-state index in [0.717, 1.165) is 5.56 Å². The van der Waals surface area contributed by atoms with Crippen molar-refractivity contribution in [2.45, 2.75) is 13.5 Å². The molecule has 0 unspecified atom stereocenters. The zero-order valence-electron chi connectivity index (χ0n) is 11.0. The average molecular weight is 262 g/mol. The number of nitrogens with one attached hydrogen (secondary N) is 2. The van der Waals surface area contributed by atoms with Crippen molar-refractivity contribution in [3.05, 3.63) is 42.0 Å². The highest BCUT2D eigenvalue weighted by molar-refractivity contribution is 6.59. The molecule has 5 nitrogen and oxygen atoms in total. The summed E-state index contributed by atoms with van der Waals surface area (Å²) in [7, 11) is -1.47. The van der Waals surface area contributed by atoms with Crippen LogP contribution in [-0.4, -0.2) is 36.2 Å². The summed E-state index contributed by atoms with van der Waals surface area (Å²) in [5, 5.41) is 24.2. The van der Waals surface area contributed by atoms with E-state index in [1.165, 1.54) is 0 Å². The molecule has 1 rings (SSSR count). The molecule has 0 aliphatic rings. The lowest BCUT2D eigenvalue weighted by Gasteiger charge is -2.10. The lowest BCUT2D eigenvalue weighted by atomic mass is 9.77. The topological polar surface area (TPSA) is 81.6 Å². The SMILES string of the molecule is C=C(C)C(=O)NCCNCc1ccccc1B(O)O. The third kappa shape index (κ3) is 5.26. The average Bonchev–Trinajstić information content (AvgIpc) is 2.38. The first-order valence-corrected chi connectivity index (χ1v) is 6.10. The standard InChI is InChI=1S/C13H19BN2O3/c1-10(2)13(17)16-8-7-15-9-11-5-3-4-6-12(11)14(18)19/h3-6,15,18-19H,1,7-9H2,2H3,(H,16,17). The predicted molar refractivity (Wildman–Crippen MR) is 75.8 cm³/mol. The number of rotatable bonds is 7. The number of hydrogen-bond acceptors (Lipinski definition) is 4. The highest BCUT2D eigenvalue weighted by Gasteiger charge is 2.14. The van der Waals surface area contributed by atoms with Gasteiger partial charge in [0.25, 0.3) is 0 Å². The molecule has 0 saturated carbocycles. The first-order valence-electron chi connectivity index (χ1n) is 6.10. The van der Waals surface area contributed by atoms with E-state index in [1.807, 2.05) is 12.1 Å². The summed E-state index contributed by atoms with van der Waals surface area (Å²) < 4.78 is 0. The third-order valence-corrected chi connectivity index (χ3v) is 2.62. The maximum absolute atomic E-state index is 11.2. The maximum atomic E-state index is 11.2. The smallest absolute Gasteiger partial charge is 0.423 e. The van der Waals surface area contributed by atoms with Crippen molar-refractivity contribution in [3.8, 4) is 0 Å². The van der Waals surface area contributed by atoms with E-state index in [9.17, 15) is 14.8 Å². The first kappa shape index (κ1) is 15.4. The molecule has 0 bridgehead atoms. The van der Waals surface area contributed by atoms with E-state index < -0.39 is 7.12 Å². The van der Waals surface area contributed by atoms with Crippen LogP contribution in [0.3, 0.4) is 0 Å². The van der Waals surface area contributed by atoms with Crippen LogP contribution in [0.15, 0.2) is 36.4 Å². The number of benzene rings is 1. The molecule has 0 spiro atoms. The van der Waals surface area contributed by atoms with Gasteiger partial charge in [0.1, 0.15) is 0 Å². The van der Waals surface area contributed by atoms with Crippen molar-refractivity contribution >= 4 is 18.5 Å². The number of amides is 1. The first-order chi connectivity index (χ1) is 9.02. The molecule has 1 aromatic carbocycles. The van der Waals surface area contributed by atoms with Gasteiger partial charge in [-0.25, -0.2) is 0 Å². The molecule has 0 atom stereocenters. The normalized spacial score (nSPS) is 10.1. The van der Waals surface area contributed by atoms with E-state index in [0.29, 0.717) is 30.7 Å². The Balaban J connectivity index is 2.34. The third-order valence-electron chi connectivity index (χ3n) is 2.62. The molecule has 4 N–H and O–H groups in total. The molecular formula is C13H19BN2O3. The monoisotopic (exact) mass is 262 g/mol. The fourth-order valence-corrected chi connectivity index (χ4v) is 1.59. The van der Waals surface area contributed by atoms with Crippen LogP contribution in [0, 0.1) is 0 Å². The summed E-state index contributed by atoms with van der Waals surface area (Å²) >= 11 is 0. The van der Waals surface area contributed by atoms with Gasteiger partial charge in [-0.3, -0.25) is 4.79 Å². The second-order valence-corrected chi connectivity index (χ2v) is 4.29. The van der Waals surface area contributed by atoms with Crippen LogP contribution >= 0.6 is 0 Å². The quantitative estimate of drug-likeness (QED) is 0.293. The Morgan fingerprint density at radius 1 is 1.32 bits per heavy atom. The summed E-state index contributed by atoms with van der Waals surface area (Å²) in [5.74, 6) is -0.159. The van der Waals surface area contributed by atoms with E-state index in [1.54, 1.807) is 19.1 Å². The summed E-state index contributed by atoms with van der Waals surface area (Å²) in [6, 6.07) is 7.09. The zero-order valence-corrected chi connectivity index (χ0v) is 11.0. The van der Waals surface area contributed by atoms with E-state index in [-0.39, 0.29) is 5.91 Å². The van der Waals surface area contributed by atoms with Gasteiger partial charge >= 0.3 is 7.12 Å². The van der Waals surface area contributed by atoms with Gasteiger partial charge in [0, 0.05) is 25.2 Å².